The number of hydrogen-bond acceptors (Lipinski definition) is 5. The third-order valence-electron chi connectivity index (χ3n) is 6.46. The van der Waals surface area contributed by atoms with Crippen molar-refractivity contribution >= 4 is 50.7 Å². The van der Waals surface area contributed by atoms with E-state index >= 15 is 0 Å². The topological polar surface area (TPSA) is 96.0 Å². The number of hydrogen-bond donors (Lipinski definition) is 1. The lowest BCUT2D eigenvalue weighted by Crippen LogP contribution is -2.52. The van der Waals surface area contributed by atoms with Gasteiger partial charge >= 0.3 is 0 Å². The molecule has 0 radical (unpaired) electrons. The molecule has 1 N–H and O–H groups in total. The summed E-state index contributed by atoms with van der Waals surface area (Å²) in [6, 6.07) is 18.0. The summed E-state index contributed by atoms with van der Waals surface area (Å²) in [7, 11) is -2.74. The predicted molar refractivity (Wildman–Crippen MR) is 158 cm³/mol. The number of carbonyl (C=O) groups is 2. The predicted octanol–water partition coefficient (Wildman–Crippen LogP) is 5.53. The van der Waals surface area contributed by atoms with Crippen LogP contribution in [-0.2, 0) is 26.2 Å². The van der Waals surface area contributed by atoms with Gasteiger partial charge in [0.2, 0.25) is 11.8 Å². The van der Waals surface area contributed by atoms with Gasteiger partial charge in [-0.15, -0.1) is 0 Å². The van der Waals surface area contributed by atoms with Crippen molar-refractivity contribution in [1.29, 1.82) is 0 Å². The number of anilines is 1. The number of sulfonamides is 1. The summed E-state index contributed by atoms with van der Waals surface area (Å²) in [6.07, 6.45) is 0.715. The van der Waals surface area contributed by atoms with Gasteiger partial charge in [0.05, 0.1) is 17.7 Å². The number of benzene rings is 3. The third kappa shape index (κ3) is 7.90. The fraction of sp³-hybridized carbons (Fsp3) is 0.310. The Morgan fingerprint density at radius 2 is 1.60 bits per heavy atom. The van der Waals surface area contributed by atoms with E-state index in [0.717, 1.165) is 9.87 Å². The molecule has 2 atom stereocenters. The monoisotopic (exact) mass is 605 g/mol. The molecule has 2 unspecified atom stereocenters. The molecular weight excluding hydrogens is 573 g/mol. The largest absolute Gasteiger partial charge is 0.497 e. The molecule has 0 aliphatic rings. The maximum Gasteiger partial charge on any atom is 0.264 e. The van der Waals surface area contributed by atoms with Gasteiger partial charge in [-0.3, -0.25) is 13.9 Å². The number of nitrogens with one attached hydrogen (secondary N) is 1. The van der Waals surface area contributed by atoms with E-state index in [0.29, 0.717) is 22.2 Å². The van der Waals surface area contributed by atoms with Crippen LogP contribution in [0.25, 0.3) is 0 Å². The Bertz CT molecular complexity index is 1420. The number of amides is 2. The van der Waals surface area contributed by atoms with Crippen molar-refractivity contribution in [3.63, 3.8) is 0 Å². The molecule has 0 spiro atoms. The van der Waals surface area contributed by atoms with E-state index in [1.54, 1.807) is 49.4 Å². The van der Waals surface area contributed by atoms with Gasteiger partial charge in [-0.1, -0.05) is 48.3 Å². The molecule has 0 aliphatic heterocycles. The minimum Gasteiger partial charge on any atom is -0.497 e. The normalized spacial score (nSPS) is 12.8. The second-order valence-corrected chi connectivity index (χ2v) is 12.0. The van der Waals surface area contributed by atoms with Crippen LogP contribution >= 0.6 is 23.2 Å². The molecule has 3 aromatic carbocycles. The molecule has 0 saturated heterocycles. The summed E-state index contributed by atoms with van der Waals surface area (Å²) < 4.78 is 33.9. The zero-order valence-electron chi connectivity index (χ0n) is 22.8. The number of carbonyl (C=O) groups excluding carboxylic acids is 2. The lowest BCUT2D eigenvalue weighted by Gasteiger charge is -2.32. The third-order valence-corrected chi connectivity index (χ3v) is 8.73. The molecule has 8 nitrogen and oxygen atoms in total. The van der Waals surface area contributed by atoms with Crippen molar-refractivity contribution in [3.05, 3.63) is 88.4 Å². The number of ether oxygens (including phenoxy) is 1. The first-order chi connectivity index (χ1) is 19.0. The number of rotatable bonds is 12. The van der Waals surface area contributed by atoms with Crippen molar-refractivity contribution in [2.75, 3.05) is 18.0 Å². The maximum atomic E-state index is 13.9. The van der Waals surface area contributed by atoms with Crippen LogP contribution in [0.2, 0.25) is 10.0 Å². The molecule has 214 valence electrons. The van der Waals surface area contributed by atoms with Crippen LogP contribution in [0.15, 0.2) is 77.7 Å². The second kappa shape index (κ2) is 13.9. The molecule has 0 saturated carbocycles. The Labute approximate surface area is 245 Å². The van der Waals surface area contributed by atoms with Crippen LogP contribution < -0.4 is 14.4 Å². The molecule has 0 aromatic heterocycles. The molecular formula is C29H33Cl2N3O5S. The zero-order valence-corrected chi connectivity index (χ0v) is 25.1. The summed E-state index contributed by atoms with van der Waals surface area (Å²) in [5, 5.41) is 3.74. The summed E-state index contributed by atoms with van der Waals surface area (Å²) in [6.45, 7) is 4.94. The van der Waals surface area contributed by atoms with E-state index in [1.807, 2.05) is 13.8 Å². The van der Waals surface area contributed by atoms with Gasteiger partial charge in [0, 0.05) is 22.6 Å². The van der Waals surface area contributed by atoms with E-state index in [-0.39, 0.29) is 29.1 Å². The van der Waals surface area contributed by atoms with Crippen molar-refractivity contribution in [3.8, 4) is 5.75 Å². The highest BCUT2D eigenvalue weighted by Crippen LogP contribution is 2.28. The van der Waals surface area contributed by atoms with Crippen LogP contribution in [0.3, 0.4) is 0 Å². The summed E-state index contributed by atoms with van der Waals surface area (Å²) in [5.74, 6) is -0.428. The SMILES string of the molecule is CCC(C)NC(=O)C(C)N(Cc1ccc(Cl)cc1)C(=O)CN(c1cccc(Cl)c1)S(=O)(=O)c1ccc(OC)cc1. The maximum absolute atomic E-state index is 13.9. The lowest BCUT2D eigenvalue weighted by molar-refractivity contribution is -0.139. The fourth-order valence-electron chi connectivity index (χ4n) is 3.87. The molecule has 3 aromatic rings. The molecule has 0 heterocycles. The Kier molecular flexibility index (Phi) is 10.8. The van der Waals surface area contributed by atoms with Crippen molar-refractivity contribution in [1.82, 2.24) is 10.2 Å². The summed E-state index contributed by atoms with van der Waals surface area (Å²) >= 11 is 12.2. The molecule has 11 heteroatoms. The second-order valence-electron chi connectivity index (χ2n) is 9.31. The zero-order chi connectivity index (χ0) is 29.4. The van der Waals surface area contributed by atoms with Gasteiger partial charge < -0.3 is 15.0 Å². The van der Waals surface area contributed by atoms with E-state index < -0.39 is 28.5 Å². The minimum atomic E-state index is -4.22. The van der Waals surface area contributed by atoms with Crippen LogP contribution in [0.4, 0.5) is 5.69 Å². The van der Waals surface area contributed by atoms with Crippen molar-refractivity contribution in [2.45, 2.75) is 50.7 Å². The standard InChI is InChI=1S/C29H33Cl2N3O5S/c1-5-20(2)32-29(36)21(3)33(18-22-9-11-23(30)12-10-22)28(35)19-34(25-8-6-7-24(31)17-25)40(37,38)27-15-13-26(39-4)14-16-27/h6-17,20-21H,5,18-19H2,1-4H3,(H,32,36). The highest BCUT2D eigenvalue weighted by atomic mass is 35.5. The molecule has 2 amide bonds. The Hall–Kier alpha value is -3.27. The highest BCUT2D eigenvalue weighted by molar-refractivity contribution is 7.92. The first kappa shape index (κ1) is 31.3. The highest BCUT2D eigenvalue weighted by Gasteiger charge is 2.33. The first-order valence-corrected chi connectivity index (χ1v) is 14.9. The van der Waals surface area contributed by atoms with Gasteiger partial charge in [-0.05, 0) is 80.4 Å². The van der Waals surface area contributed by atoms with Crippen LogP contribution in [0.5, 0.6) is 5.75 Å². The molecule has 0 aliphatic carbocycles. The van der Waals surface area contributed by atoms with E-state index in [9.17, 15) is 18.0 Å². The van der Waals surface area contributed by atoms with Gasteiger partial charge in [-0.25, -0.2) is 8.42 Å². The summed E-state index contributed by atoms with van der Waals surface area (Å²) in [4.78, 5) is 28.3. The Morgan fingerprint density at radius 3 is 2.17 bits per heavy atom. The fourth-order valence-corrected chi connectivity index (χ4v) is 5.59. The smallest absolute Gasteiger partial charge is 0.264 e. The lowest BCUT2D eigenvalue weighted by atomic mass is 10.1. The van der Waals surface area contributed by atoms with Crippen molar-refractivity contribution in [2.24, 2.45) is 0 Å². The Balaban J connectivity index is 2.02. The first-order valence-electron chi connectivity index (χ1n) is 12.7. The molecule has 3 rings (SSSR count). The van der Waals surface area contributed by atoms with E-state index in [4.69, 9.17) is 27.9 Å². The van der Waals surface area contributed by atoms with Gasteiger partial charge in [0.15, 0.2) is 0 Å². The van der Waals surface area contributed by atoms with Gasteiger partial charge in [0.1, 0.15) is 18.3 Å². The molecule has 0 fully saturated rings. The average Bonchev–Trinajstić information content (AvgIpc) is 2.94. The minimum absolute atomic E-state index is 0.0344. The Morgan fingerprint density at radius 1 is 0.950 bits per heavy atom. The van der Waals surface area contributed by atoms with E-state index in [2.05, 4.69) is 5.32 Å². The molecule has 40 heavy (non-hydrogen) atoms. The average molecular weight is 607 g/mol. The van der Waals surface area contributed by atoms with Crippen molar-refractivity contribution < 1.29 is 22.7 Å². The summed E-state index contributed by atoms with van der Waals surface area (Å²) in [5.41, 5.74) is 0.938. The van der Waals surface area contributed by atoms with E-state index in [1.165, 1.54) is 42.3 Å². The number of nitrogens with zero attached hydrogens (tertiary/aromatic N) is 2. The van der Waals surface area contributed by atoms with Crippen LogP contribution in [0, 0.1) is 0 Å². The van der Waals surface area contributed by atoms with Gasteiger partial charge in [-0.2, -0.15) is 0 Å². The number of halogens is 2. The van der Waals surface area contributed by atoms with Crippen LogP contribution in [0.1, 0.15) is 32.8 Å². The van der Waals surface area contributed by atoms with Gasteiger partial charge in [0.25, 0.3) is 10.0 Å². The quantitative estimate of drug-likeness (QED) is 0.293. The molecule has 0 bridgehead atoms. The van der Waals surface area contributed by atoms with Crippen LogP contribution in [-0.4, -0.2) is 50.9 Å². The number of methoxy groups -OCH3 is 1.